The zero-order valence-electron chi connectivity index (χ0n) is 10.3. The second kappa shape index (κ2) is 5.25. The highest BCUT2D eigenvalue weighted by atomic mass is 19.1. The van der Waals surface area contributed by atoms with Gasteiger partial charge in [0.15, 0.2) is 11.5 Å². The second-order valence-corrected chi connectivity index (χ2v) is 4.23. The normalized spacial score (nSPS) is 21.9. The largest absolute Gasteiger partial charge is 0.493 e. The van der Waals surface area contributed by atoms with Crippen molar-refractivity contribution in [2.45, 2.75) is 18.9 Å². The molecule has 0 amide bonds. The summed E-state index contributed by atoms with van der Waals surface area (Å²) in [6.45, 7) is 0. The van der Waals surface area contributed by atoms with Crippen molar-refractivity contribution in [3.63, 3.8) is 0 Å². The van der Waals surface area contributed by atoms with Crippen LogP contribution in [0.25, 0.3) is 0 Å². The lowest BCUT2D eigenvalue weighted by molar-refractivity contribution is -0.151. The molecule has 18 heavy (non-hydrogen) atoms. The van der Waals surface area contributed by atoms with Crippen LogP contribution >= 0.6 is 0 Å². The highest BCUT2D eigenvalue weighted by molar-refractivity contribution is 5.73. The quantitative estimate of drug-likeness (QED) is 0.772. The summed E-state index contributed by atoms with van der Waals surface area (Å²) >= 11 is 0. The molecule has 98 valence electrons. The second-order valence-electron chi connectivity index (χ2n) is 4.23. The average molecular weight is 254 g/mol. The first-order valence-electron chi connectivity index (χ1n) is 5.72. The van der Waals surface area contributed by atoms with E-state index in [1.54, 1.807) is 0 Å². The lowest BCUT2D eigenvalue weighted by Crippen LogP contribution is -2.38. The maximum absolute atomic E-state index is 13.1. The van der Waals surface area contributed by atoms with Crippen LogP contribution in [0.4, 0.5) is 4.39 Å². The van der Waals surface area contributed by atoms with Gasteiger partial charge in [0.2, 0.25) is 0 Å². The van der Waals surface area contributed by atoms with Gasteiger partial charge in [0.05, 0.1) is 20.1 Å². The lowest BCUT2D eigenvalue weighted by Gasteiger charge is -2.33. The molecule has 0 unspecified atom stereocenters. The standard InChI is InChI=1S/C13H15FO4/c1-16-11-4-3-9(14)7-12(11)18-10-5-8(6-10)13(15)17-2/h3-4,7-8,10H,5-6H2,1-2H3. The summed E-state index contributed by atoms with van der Waals surface area (Å²) in [5.41, 5.74) is 0. The van der Waals surface area contributed by atoms with Crippen molar-refractivity contribution in [3.05, 3.63) is 24.0 Å². The van der Waals surface area contributed by atoms with Gasteiger partial charge in [-0.05, 0) is 25.0 Å². The zero-order valence-corrected chi connectivity index (χ0v) is 10.3. The van der Waals surface area contributed by atoms with Crippen molar-refractivity contribution in [2.24, 2.45) is 5.92 Å². The molecule has 0 heterocycles. The molecule has 1 aromatic carbocycles. The van der Waals surface area contributed by atoms with Crippen LogP contribution in [0.1, 0.15) is 12.8 Å². The molecule has 1 aromatic rings. The van der Waals surface area contributed by atoms with Crippen molar-refractivity contribution in [2.75, 3.05) is 14.2 Å². The van der Waals surface area contributed by atoms with Gasteiger partial charge in [-0.25, -0.2) is 4.39 Å². The van der Waals surface area contributed by atoms with E-state index in [1.807, 2.05) is 0 Å². The number of hydrogen-bond acceptors (Lipinski definition) is 4. The Morgan fingerprint density at radius 2 is 2.00 bits per heavy atom. The number of ether oxygens (including phenoxy) is 3. The number of carbonyl (C=O) groups is 1. The fraction of sp³-hybridized carbons (Fsp3) is 0.462. The van der Waals surface area contributed by atoms with Gasteiger partial charge in [-0.2, -0.15) is 0 Å². The number of esters is 1. The Morgan fingerprint density at radius 1 is 1.28 bits per heavy atom. The highest BCUT2D eigenvalue weighted by Crippen LogP contribution is 2.36. The van der Waals surface area contributed by atoms with E-state index < -0.39 is 0 Å². The molecule has 0 saturated heterocycles. The van der Waals surface area contributed by atoms with Gasteiger partial charge in [-0.3, -0.25) is 4.79 Å². The number of hydrogen-bond donors (Lipinski definition) is 0. The summed E-state index contributed by atoms with van der Waals surface area (Å²) in [6.07, 6.45) is 1.09. The minimum absolute atomic E-state index is 0.0928. The Hall–Kier alpha value is -1.78. The first kappa shape index (κ1) is 12.7. The average Bonchev–Trinajstić information content (AvgIpc) is 2.32. The first-order chi connectivity index (χ1) is 8.63. The van der Waals surface area contributed by atoms with Gasteiger partial charge in [-0.15, -0.1) is 0 Å². The van der Waals surface area contributed by atoms with E-state index in [9.17, 15) is 9.18 Å². The van der Waals surface area contributed by atoms with Crippen molar-refractivity contribution in [1.82, 2.24) is 0 Å². The van der Waals surface area contributed by atoms with E-state index in [2.05, 4.69) is 4.74 Å². The zero-order chi connectivity index (χ0) is 13.1. The predicted molar refractivity (Wildman–Crippen MR) is 62.1 cm³/mol. The number of benzene rings is 1. The van der Waals surface area contributed by atoms with Crippen molar-refractivity contribution in [3.8, 4) is 11.5 Å². The number of carbonyl (C=O) groups excluding carboxylic acids is 1. The van der Waals surface area contributed by atoms with Crippen LogP contribution in [0.15, 0.2) is 18.2 Å². The van der Waals surface area contributed by atoms with Crippen LogP contribution in [-0.4, -0.2) is 26.3 Å². The molecule has 0 aromatic heterocycles. The molecule has 2 rings (SSSR count). The lowest BCUT2D eigenvalue weighted by atomic mass is 9.82. The maximum Gasteiger partial charge on any atom is 0.308 e. The van der Waals surface area contributed by atoms with Crippen LogP contribution < -0.4 is 9.47 Å². The summed E-state index contributed by atoms with van der Waals surface area (Å²) in [7, 11) is 2.87. The molecule has 1 aliphatic rings. The van der Waals surface area contributed by atoms with Crippen LogP contribution in [-0.2, 0) is 9.53 Å². The Kier molecular flexibility index (Phi) is 3.69. The van der Waals surface area contributed by atoms with Crippen molar-refractivity contribution >= 4 is 5.97 Å². The fourth-order valence-electron chi connectivity index (χ4n) is 1.94. The summed E-state index contributed by atoms with van der Waals surface area (Å²) in [5.74, 6) is 0.138. The molecule has 4 nitrogen and oxygen atoms in total. The fourth-order valence-corrected chi connectivity index (χ4v) is 1.94. The first-order valence-corrected chi connectivity index (χ1v) is 5.72. The van der Waals surface area contributed by atoms with Crippen LogP contribution in [0.5, 0.6) is 11.5 Å². The monoisotopic (exact) mass is 254 g/mol. The maximum atomic E-state index is 13.1. The van der Waals surface area contributed by atoms with Crippen LogP contribution in [0.3, 0.4) is 0 Å². The van der Waals surface area contributed by atoms with E-state index in [-0.39, 0.29) is 23.8 Å². The summed E-state index contributed by atoms with van der Waals surface area (Å²) < 4.78 is 28.4. The van der Waals surface area contributed by atoms with Crippen molar-refractivity contribution in [1.29, 1.82) is 0 Å². The van der Waals surface area contributed by atoms with E-state index in [0.717, 1.165) is 0 Å². The molecule has 0 bridgehead atoms. The Bertz CT molecular complexity index is 441. The smallest absolute Gasteiger partial charge is 0.308 e. The van der Waals surface area contributed by atoms with Gasteiger partial charge in [-0.1, -0.05) is 0 Å². The third kappa shape index (κ3) is 2.55. The van der Waals surface area contributed by atoms with Crippen LogP contribution in [0.2, 0.25) is 0 Å². The molecule has 1 aliphatic carbocycles. The topological polar surface area (TPSA) is 44.8 Å². The van der Waals surface area contributed by atoms with Gasteiger partial charge >= 0.3 is 5.97 Å². The molecule has 1 fully saturated rings. The van der Waals surface area contributed by atoms with Gasteiger partial charge in [0.25, 0.3) is 0 Å². The molecule has 0 N–H and O–H groups in total. The number of rotatable bonds is 4. The molecule has 5 heteroatoms. The van der Waals surface area contributed by atoms with E-state index in [1.165, 1.54) is 32.4 Å². The molecule has 1 saturated carbocycles. The van der Waals surface area contributed by atoms with E-state index >= 15 is 0 Å². The SMILES string of the molecule is COC(=O)C1CC(Oc2cc(F)ccc2OC)C1. The van der Waals surface area contributed by atoms with Crippen LogP contribution in [0, 0.1) is 11.7 Å². The van der Waals surface area contributed by atoms with Gasteiger partial charge < -0.3 is 14.2 Å². The van der Waals surface area contributed by atoms with E-state index in [0.29, 0.717) is 24.3 Å². The molecule has 0 atom stereocenters. The summed E-state index contributed by atoms with van der Waals surface area (Å²) in [6, 6.07) is 4.11. The molecular formula is C13H15FO4. The Morgan fingerprint density at radius 3 is 2.61 bits per heavy atom. The summed E-state index contributed by atoms with van der Waals surface area (Å²) in [4.78, 5) is 11.2. The predicted octanol–water partition coefficient (Wildman–Crippen LogP) is 2.16. The number of halogens is 1. The third-order valence-electron chi connectivity index (χ3n) is 3.05. The molecule has 0 spiro atoms. The minimum Gasteiger partial charge on any atom is -0.493 e. The highest BCUT2D eigenvalue weighted by Gasteiger charge is 2.37. The molecular weight excluding hydrogens is 239 g/mol. The summed E-state index contributed by atoms with van der Waals surface area (Å²) in [5, 5.41) is 0. The molecule has 0 aliphatic heterocycles. The van der Waals surface area contributed by atoms with E-state index in [4.69, 9.17) is 9.47 Å². The number of methoxy groups -OCH3 is 2. The third-order valence-corrected chi connectivity index (χ3v) is 3.05. The van der Waals surface area contributed by atoms with Gasteiger partial charge in [0, 0.05) is 6.07 Å². The Labute approximate surface area is 105 Å². The molecule has 0 radical (unpaired) electrons. The van der Waals surface area contributed by atoms with Gasteiger partial charge in [0.1, 0.15) is 11.9 Å². The minimum atomic E-state index is -0.380. The van der Waals surface area contributed by atoms with Crippen molar-refractivity contribution < 1.29 is 23.4 Å². The Balaban J connectivity index is 1.95.